The first-order valence-corrected chi connectivity index (χ1v) is 14.2. The number of aryl methyl sites for hydroxylation is 2. The van der Waals surface area contributed by atoms with Gasteiger partial charge in [-0.15, -0.1) is 0 Å². The lowest BCUT2D eigenvalue weighted by molar-refractivity contribution is -0.118. The molecule has 0 saturated carbocycles. The van der Waals surface area contributed by atoms with Gasteiger partial charge in [0.25, 0.3) is 0 Å². The first-order chi connectivity index (χ1) is 20.4. The molecule has 0 spiro atoms. The van der Waals surface area contributed by atoms with Crippen molar-refractivity contribution < 1.29 is 19.4 Å². The van der Waals surface area contributed by atoms with Crippen LogP contribution >= 0.6 is 0 Å². The molecule has 2 unspecified atom stereocenters. The third kappa shape index (κ3) is 6.28. The lowest BCUT2D eigenvalue weighted by Crippen LogP contribution is -2.25. The number of hydrogen-bond donors (Lipinski definition) is 1. The monoisotopic (exact) mass is 562 g/mol. The van der Waals surface area contributed by atoms with Gasteiger partial charge in [-0.2, -0.15) is 0 Å². The van der Waals surface area contributed by atoms with Gasteiger partial charge in [0.15, 0.2) is 5.78 Å². The predicted molar refractivity (Wildman–Crippen MR) is 169 cm³/mol. The van der Waals surface area contributed by atoms with Crippen molar-refractivity contribution in [1.29, 1.82) is 0 Å². The SMILES string of the molecule is COc1ccc(C2C(=O)CCN2c2ccc(C)cc2)cc1.COc1ccc(C2C(O)=CCN2c2ccc(C)cc2)cc1. The minimum atomic E-state index is -0.182. The van der Waals surface area contributed by atoms with Crippen molar-refractivity contribution in [2.24, 2.45) is 0 Å². The van der Waals surface area contributed by atoms with E-state index in [4.69, 9.17) is 9.47 Å². The number of carbonyl (C=O) groups is 1. The fourth-order valence-electron chi connectivity index (χ4n) is 5.53. The van der Waals surface area contributed by atoms with Gasteiger partial charge < -0.3 is 24.4 Å². The van der Waals surface area contributed by atoms with Crippen LogP contribution in [0.3, 0.4) is 0 Å². The topological polar surface area (TPSA) is 62.2 Å². The van der Waals surface area contributed by atoms with Crippen LogP contribution in [0, 0.1) is 13.8 Å². The number of carbonyl (C=O) groups excluding carboxylic acids is 1. The molecule has 1 N–H and O–H groups in total. The highest BCUT2D eigenvalue weighted by Gasteiger charge is 2.34. The zero-order valence-electron chi connectivity index (χ0n) is 24.7. The van der Waals surface area contributed by atoms with Gasteiger partial charge in [-0.1, -0.05) is 59.7 Å². The molecule has 2 atom stereocenters. The molecule has 0 aliphatic carbocycles. The van der Waals surface area contributed by atoms with E-state index in [-0.39, 0.29) is 17.9 Å². The minimum Gasteiger partial charge on any atom is -0.510 e. The molecule has 6 heteroatoms. The van der Waals surface area contributed by atoms with Crippen LogP contribution in [0.1, 0.15) is 40.8 Å². The Morgan fingerprint density at radius 1 is 0.643 bits per heavy atom. The summed E-state index contributed by atoms with van der Waals surface area (Å²) in [7, 11) is 3.30. The average Bonchev–Trinajstić information content (AvgIpc) is 3.60. The molecular weight excluding hydrogens is 524 g/mol. The Morgan fingerprint density at radius 3 is 1.57 bits per heavy atom. The van der Waals surface area contributed by atoms with Crippen LogP contribution in [0.4, 0.5) is 11.4 Å². The summed E-state index contributed by atoms with van der Waals surface area (Å²) in [5.41, 5.74) is 6.76. The number of aliphatic hydroxyl groups is 1. The van der Waals surface area contributed by atoms with Crippen LogP contribution < -0.4 is 19.3 Å². The molecule has 0 amide bonds. The highest BCUT2D eigenvalue weighted by molar-refractivity contribution is 5.92. The predicted octanol–water partition coefficient (Wildman–Crippen LogP) is 7.53. The van der Waals surface area contributed by atoms with Gasteiger partial charge in [0.2, 0.25) is 0 Å². The van der Waals surface area contributed by atoms with Crippen molar-refractivity contribution in [1.82, 2.24) is 0 Å². The van der Waals surface area contributed by atoms with Crippen LogP contribution in [-0.2, 0) is 4.79 Å². The van der Waals surface area contributed by atoms with Crippen LogP contribution in [-0.4, -0.2) is 38.2 Å². The smallest absolute Gasteiger partial charge is 0.161 e. The van der Waals surface area contributed by atoms with Crippen LogP contribution in [0.5, 0.6) is 11.5 Å². The summed E-state index contributed by atoms with van der Waals surface area (Å²) >= 11 is 0. The van der Waals surface area contributed by atoms with E-state index in [0.29, 0.717) is 18.7 Å². The third-order valence-electron chi connectivity index (χ3n) is 7.90. The molecule has 2 heterocycles. The number of Topliss-reactive ketones (excluding diaryl/α,β-unsaturated/α-hetero) is 1. The maximum absolute atomic E-state index is 12.3. The molecular formula is C36H38N2O4. The van der Waals surface area contributed by atoms with Crippen molar-refractivity contribution in [2.45, 2.75) is 32.4 Å². The van der Waals surface area contributed by atoms with Crippen molar-refractivity contribution in [3.05, 3.63) is 131 Å². The van der Waals surface area contributed by atoms with E-state index in [1.807, 2.05) is 54.6 Å². The van der Waals surface area contributed by atoms with Gasteiger partial charge in [-0.3, -0.25) is 4.79 Å². The number of methoxy groups -OCH3 is 2. The van der Waals surface area contributed by atoms with Gasteiger partial charge >= 0.3 is 0 Å². The molecule has 2 aliphatic rings. The lowest BCUT2D eigenvalue weighted by atomic mass is 10.0. The molecule has 0 radical (unpaired) electrons. The van der Waals surface area contributed by atoms with Crippen LogP contribution in [0.15, 0.2) is 109 Å². The lowest BCUT2D eigenvalue weighted by Gasteiger charge is -2.28. The summed E-state index contributed by atoms with van der Waals surface area (Å²) in [6.07, 6.45) is 2.47. The zero-order chi connectivity index (χ0) is 29.6. The van der Waals surface area contributed by atoms with Gasteiger partial charge in [0.1, 0.15) is 29.3 Å². The van der Waals surface area contributed by atoms with Crippen LogP contribution in [0.2, 0.25) is 0 Å². The standard InChI is InChI=1S/2C18H19NO2/c2*1-13-3-7-15(8-4-13)19-12-11-17(20)18(19)14-5-9-16(21-2)10-6-14/h3-10,18H,11-12H2,1-2H3;3-11,18,20H,12H2,1-2H3. The van der Waals surface area contributed by atoms with Gasteiger partial charge in [0.05, 0.1) is 14.2 Å². The highest BCUT2D eigenvalue weighted by Crippen LogP contribution is 2.37. The summed E-state index contributed by atoms with van der Waals surface area (Å²) in [5, 5.41) is 10.2. The molecule has 4 aromatic carbocycles. The second-order valence-electron chi connectivity index (χ2n) is 10.7. The molecule has 4 aromatic rings. The quantitative estimate of drug-likeness (QED) is 0.262. The number of anilines is 2. The summed E-state index contributed by atoms with van der Waals surface area (Å²) in [4.78, 5) is 16.7. The second kappa shape index (κ2) is 12.9. The largest absolute Gasteiger partial charge is 0.510 e. The zero-order valence-corrected chi connectivity index (χ0v) is 24.7. The van der Waals surface area contributed by atoms with E-state index < -0.39 is 0 Å². The number of benzene rings is 4. The molecule has 1 fully saturated rings. The van der Waals surface area contributed by atoms with Gasteiger partial charge in [-0.05, 0) is 79.6 Å². The number of hydrogen-bond acceptors (Lipinski definition) is 6. The van der Waals surface area contributed by atoms with Crippen molar-refractivity contribution in [3.63, 3.8) is 0 Å². The first kappa shape index (κ1) is 28.8. The summed E-state index contributed by atoms with van der Waals surface area (Å²) < 4.78 is 10.4. The summed E-state index contributed by atoms with van der Waals surface area (Å²) in [5.74, 6) is 2.31. The molecule has 6 rings (SSSR count). The Kier molecular flexibility index (Phi) is 8.82. The fraction of sp³-hybridized carbons (Fsp3) is 0.250. The molecule has 6 nitrogen and oxygen atoms in total. The van der Waals surface area contributed by atoms with Crippen molar-refractivity contribution >= 4 is 17.2 Å². The molecule has 0 bridgehead atoms. The number of aliphatic hydroxyl groups excluding tert-OH is 1. The Bertz CT molecular complexity index is 1470. The third-order valence-corrected chi connectivity index (χ3v) is 7.90. The van der Waals surface area contributed by atoms with E-state index in [1.54, 1.807) is 14.2 Å². The van der Waals surface area contributed by atoms with E-state index in [2.05, 4.69) is 72.2 Å². The van der Waals surface area contributed by atoms with Crippen LogP contribution in [0.25, 0.3) is 0 Å². The highest BCUT2D eigenvalue weighted by atomic mass is 16.5. The van der Waals surface area contributed by atoms with Crippen molar-refractivity contribution in [3.8, 4) is 11.5 Å². The van der Waals surface area contributed by atoms with Crippen molar-refractivity contribution in [2.75, 3.05) is 37.1 Å². The molecule has 216 valence electrons. The Labute approximate surface area is 248 Å². The summed E-state index contributed by atoms with van der Waals surface area (Å²) in [6, 6.07) is 32.0. The van der Waals surface area contributed by atoms with E-state index >= 15 is 0 Å². The normalized spacial score (nSPS) is 17.9. The maximum Gasteiger partial charge on any atom is 0.161 e. The average molecular weight is 563 g/mol. The fourth-order valence-corrected chi connectivity index (χ4v) is 5.53. The first-order valence-electron chi connectivity index (χ1n) is 14.2. The van der Waals surface area contributed by atoms with Gasteiger partial charge in [-0.25, -0.2) is 0 Å². The molecule has 2 aliphatic heterocycles. The summed E-state index contributed by atoms with van der Waals surface area (Å²) in [6.45, 7) is 5.63. The number of ketones is 1. The number of nitrogens with zero attached hydrogens (tertiary/aromatic N) is 2. The maximum atomic E-state index is 12.3. The van der Waals surface area contributed by atoms with E-state index in [9.17, 15) is 9.90 Å². The number of ether oxygens (including phenoxy) is 2. The molecule has 0 aromatic heterocycles. The molecule has 42 heavy (non-hydrogen) atoms. The Hall–Kier alpha value is -4.71. The molecule has 1 saturated heterocycles. The van der Waals surface area contributed by atoms with Gasteiger partial charge in [0, 0.05) is 30.9 Å². The van der Waals surface area contributed by atoms with E-state index in [1.165, 1.54) is 11.1 Å². The second-order valence-corrected chi connectivity index (χ2v) is 10.7. The minimum absolute atomic E-state index is 0.126. The Morgan fingerprint density at radius 2 is 1.10 bits per heavy atom. The van der Waals surface area contributed by atoms with E-state index in [0.717, 1.165) is 40.5 Å². The number of rotatable bonds is 6. The Balaban J connectivity index is 0.000000168.